The van der Waals surface area contributed by atoms with Gasteiger partial charge in [-0.15, -0.1) is 11.3 Å². The van der Waals surface area contributed by atoms with Crippen LogP contribution in [0, 0.1) is 5.92 Å². The van der Waals surface area contributed by atoms with Crippen molar-refractivity contribution in [3.63, 3.8) is 0 Å². The molecule has 0 unspecified atom stereocenters. The van der Waals surface area contributed by atoms with E-state index >= 15 is 0 Å². The number of carbonyl (C=O) groups is 2. The lowest BCUT2D eigenvalue weighted by Crippen LogP contribution is -2.40. The first-order valence-corrected chi connectivity index (χ1v) is 8.09. The number of nitrogens with one attached hydrogen (secondary N) is 1. The molecule has 5 heteroatoms. The van der Waals surface area contributed by atoms with E-state index in [0.29, 0.717) is 6.54 Å². The molecule has 1 aliphatic carbocycles. The molecule has 0 saturated heterocycles. The van der Waals surface area contributed by atoms with Crippen LogP contribution in [0.1, 0.15) is 37.0 Å². The van der Waals surface area contributed by atoms with Gasteiger partial charge in [-0.3, -0.25) is 9.59 Å². The second-order valence-corrected chi connectivity index (χ2v) is 6.41. The van der Waals surface area contributed by atoms with E-state index in [1.165, 1.54) is 6.42 Å². The smallest absolute Gasteiger partial charge is 0.242 e. The fourth-order valence-electron chi connectivity index (χ4n) is 2.53. The van der Waals surface area contributed by atoms with Gasteiger partial charge in [0.2, 0.25) is 11.8 Å². The van der Waals surface area contributed by atoms with Gasteiger partial charge in [0.15, 0.2) is 0 Å². The number of amides is 2. The molecular formula is C15H22N2O2S. The predicted molar refractivity (Wildman–Crippen MR) is 80.4 cm³/mol. The fraction of sp³-hybridized carbons (Fsp3) is 0.600. The van der Waals surface area contributed by atoms with Gasteiger partial charge in [-0.05, 0) is 24.3 Å². The number of carbonyl (C=O) groups excluding carboxylic acids is 2. The van der Waals surface area contributed by atoms with Crippen molar-refractivity contribution in [3.05, 3.63) is 22.4 Å². The molecule has 1 saturated carbocycles. The van der Waals surface area contributed by atoms with E-state index in [2.05, 4.69) is 5.32 Å². The van der Waals surface area contributed by atoms with Crippen molar-refractivity contribution >= 4 is 23.2 Å². The van der Waals surface area contributed by atoms with Crippen LogP contribution in [0.2, 0.25) is 0 Å². The summed E-state index contributed by atoms with van der Waals surface area (Å²) in [6.07, 6.45) is 5.41. The van der Waals surface area contributed by atoms with Gasteiger partial charge in [0.1, 0.15) is 0 Å². The van der Waals surface area contributed by atoms with Gasteiger partial charge in [-0.2, -0.15) is 0 Å². The van der Waals surface area contributed by atoms with Gasteiger partial charge in [0, 0.05) is 17.8 Å². The molecule has 0 spiro atoms. The molecule has 4 nitrogen and oxygen atoms in total. The Labute approximate surface area is 124 Å². The highest BCUT2D eigenvalue weighted by molar-refractivity contribution is 7.09. The van der Waals surface area contributed by atoms with Gasteiger partial charge in [-0.25, -0.2) is 0 Å². The van der Waals surface area contributed by atoms with Crippen LogP contribution in [0.5, 0.6) is 0 Å². The van der Waals surface area contributed by atoms with E-state index in [1.807, 2.05) is 17.5 Å². The largest absolute Gasteiger partial charge is 0.347 e. The number of hydrogen-bond acceptors (Lipinski definition) is 3. The van der Waals surface area contributed by atoms with Crippen LogP contribution in [-0.4, -0.2) is 30.3 Å². The molecule has 0 aromatic carbocycles. The van der Waals surface area contributed by atoms with Gasteiger partial charge >= 0.3 is 0 Å². The Kier molecular flexibility index (Phi) is 5.59. The predicted octanol–water partition coefficient (Wildman–Crippen LogP) is 2.40. The summed E-state index contributed by atoms with van der Waals surface area (Å²) in [5.41, 5.74) is 0. The molecule has 1 N–H and O–H groups in total. The molecule has 2 amide bonds. The van der Waals surface area contributed by atoms with E-state index in [0.717, 1.165) is 30.6 Å². The lowest BCUT2D eigenvalue weighted by molar-refractivity contribution is -0.133. The van der Waals surface area contributed by atoms with Crippen molar-refractivity contribution in [1.29, 1.82) is 0 Å². The Hall–Kier alpha value is -1.36. The van der Waals surface area contributed by atoms with Crippen LogP contribution in [0.15, 0.2) is 17.5 Å². The summed E-state index contributed by atoms with van der Waals surface area (Å²) >= 11 is 1.63. The summed E-state index contributed by atoms with van der Waals surface area (Å²) in [7, 11) is 1.77. The van der Waals surface area contributed by atoms with Gasteiger partial charge < -0.3 is 10.2 Å². The molecule has 0 bridgehead atoms. The molecular weight excluding hydrogens is 272 g/mol. The zero-order chi connectivity index (χ0) is 14.4. The molecule has 0 atom stereocenters. The van der Waals surface area contributed by atoms with E-state index < -0.39 is 0 Å². The minimum atomic E-state index is -0.0393. The zero-order valence-corrected chi connectivity index (χ0v) is 12.7. The minimum Gasteiger partial charge on any atom is -0.347 e. The van der Waals surface area contributed by atoms with Crippen LogP contribution in [-0.2, 0) is 16.1 Å². The average Bonchev–Trinajstić information content (AvgIpc) is 2.98. The lowest BCUT2D eigenvalue weighted by Gasteiger charge is -2.22. The number of hydrogen-bond donors (Lipinski definition) is 1. The molecule has 1 heterocycles. The summed E-state index contributed by atoms with van der Waals surface area (Å²) in [5.74, 6) is 0.115. The van der Waals surface area contributed by atoms with Crippen molar-refractivity contribution in [1.82, 2.24) is 10.2 Å². The van der Waals surface area contributed by atoms with E-state index in [1.54, 1.807) is 23.3 Å². The Bertz CT molecular complexity index is 439. The van der Waals surface area contributed by atoms with E-state index in [9.17, 15) is 9.59 Å². The standard InChI is InChI=1S/C15H22N2O2S/c1-17(11-13-8-5-9-20-13)14(18)10-16-15(19)12-6-3-2-4-7-12/h5,8-9,12H,2-4,6-7,10-11H2,1H3,(H,16,19). The van der Waals surface area contributed by atoms with E-state index in [4.69, 9.17) is 0 Å². The van der Waals surface area contributed by atoms with Gasteiger partial charge in [-0.1, -0.05) is 25.3 Å². The van der Waals surface area contributed by atoms with Crippen molar-refractivity contribution in [2.45, 2.75) is 38.6 Å². The number of nitrogens with zero attached hydrogens (tertiary/aromatic N) is 1. The zero-order valence-electron chi connectivity index (χ0n) is 11.9. The summed E-state index contributed by atoms with van der Waals surface area (Å²) < 4.78 is 0. The molecule has 20 heavy (non-hydrogen) atoms. The molecule has 110 valence electrons. The summed E-state index contributed by atoms with van der Waals surface area (Å²) in [4.78, 5) is 26.7. The maximum absolute atomic E-state index is 12.0. The minimum absolute atomic E-state index is 0.0393. The Morgan fingerprint density at radius 2 is 2.10 bits per heavy atom. The van der Waals surface area contributed by atoms with Gasteiger partial charge in [0.25, 0.3) is 0 Å². The second kappa shape index (κ2) is 7.43. The maximum atomic E-state index is 12.0. The highest BCUT2D eigenvalue weighted by atomic mass is 32.1. The van der Waals surface area contributed by atoms with Crippen LogP contribution in [0.25, 0.3) is 0 Å². The van der Waals surface area contributed by atoms with Crippen LogP contribution in [0.4, 0.5) is 0 Å². The fourth-order valence-corrected chi connectivity index (χ4v) is 3.29. The quantitative estimate of drug-likeness (QED) is 0.906. The lowest BCUT2D eigenvalue weighted by atomic mass is 9.89. The third-order valence-corrected chi connectivity index (χ3v) is 4.65. The Morgan fingerprint density at radius 1 is 1.35 bits per heavy atom. The molecule has 1 aromatic heterocycles. The molecule has 1 fully saturated rings. The Balaban J connectivity index is 1.72. The average molecular weight is 294 g/mol. The third-order valence-electron chi connectivity index (χ3n) is 3.79. The number of likely N-dealkylation sites (N-methyl/N-ethyl adjacent to an activating group) is 1. The first kappa shape index (κ1) is 15.0. The third kappa shape index (κ3) is 4.34. The van der Waals surface area contributed by atoms with Gasteiger partial charge in [0.05, 0.1) is 13.1 Å². The maximum Gasteiger partial charge on any atom is 0.242 e. The monoisotopic (exact) mass is 294 g/mol. The first-order valence-electron chi connectivity index (χ1n) is 7.21. The van der Waals surface area contributed by atoms with Crippen LogP contribution in [0.3, 0.4) is 0 Å². The topological polar surface area (TPSA) is 49.4 Å². The van der Waals surface area contributed by atoms with Crippen molar-refractivity contribution in [3.8, 4) is 0 Å². The highest BCUT2D eigenvalue weighted by Crippen LogP contribution is 2.23. The van der Waals surface area contributed by atoms with Crippen molar-refractivity contribution in [2.24, 2.45) is 5.92 Å². The highest BCUT2D eigenvalue weighted by Gasteiger charge is 2.21. The normalized spacial score (nSPS) is 15.8. The number of thiophene rings is 1. The number of rotatable bonds is 5. The molecule has 0 aliphatic heterocycles. The summed E-state index contributed by atoms with van der Waals surface area (Å²) in [6.45, 7) is 0.715. The molecule has 2 rings (SSSR count). The summed E-state index contributed by atoms with van der Waals surface area (Å²) in [5, 5.41) is 4.78. The van der Waals surface area contributed by atoms with Crippen molar-refractivity contribution < 1.29 is 9.59 Å². The second-order valence-electron chi connectivity index (χ2n) is 5.38. The molecule has 0 radical (unpaired) electrons. The van der Waals surface area contributed by atoms with Crippen molar-refractivity contribution in [2.75, 3.05) is 13.6 Å². The Morgan fingerprint density at radius 3 is 2.75 bits per heavy atom. The van der Waals surface area contributed by atoms with Crippen LogP contribution >= 0.6 is 11.3 Å². The first-order chi connectivity index (χ1) is 9.66. The molecule has 1 aromatic rings. The summed E-state index contributed by atoms with van der Waals surface area (Å²) in [6, 6.07) is 3.98. The SMILES string of the molecule is CN(Cc1cccs1)C(=O)CNC(=O)C1CCCCC1. The van der Waals surface area contributed by atoms with E-state index in [-0.39, 0.29) is 24.3 Å². The van der Waals surface area contributed by atoms with Crippen LogP contribution < -0.4 is 5.32 Å². The molecule has 1 aliphatic rings.